The van der Waals surface area contributed by atoms with Crippen molar-refractivity contribution in [3.8, 4) is 29.2 Å². The number of benzene rings is 2. The summed E-state index contributed by atoms with van der Waals surface area (Å²) in [5, 5.41) is 9.32. The van der Waals surface area contributed by atoms with Gasteiger partial charge in [0.25, 0.3) is 0 Å². The molecule has 2 aromatic carbocycles. The van der Waals surface area contributed by atoms with E-state index in [1.165, 1.54) is 0 Å². The van der Waals surface area contributed by atoms with Crippen LogP contribution in [0.4, 0.5) is 0 Å². The standard InChI is InChI=1S/C25H21N7O2/c1-33-19-5-3-17(4-6-19)23-29-21-14-27-25(30-24(21)32(23)18-8-10-34-11-9-18)31-15-28-20-7-2-16(13-26)12-22(20)31/h2-7,12,14-15,18H,8-11H2,1H3. The second-order valence-corrected chi connectivity index (χ2v) is 8.19. The quantitative estimate of drug-likeness (QED) is 0.406. The molecule has 0 aliphatic carbocycles. The minimum Gasteiger partial charge on any atom is -0.497 e. The van der Waals surface area contributed by atoms with Crippen molar-refractivity contribution in [2.75, 3.05) is 20.3 Å². The van der Waals surface area contributed by atoms with Crippen LogP contribution in [0.25, 0.3) is 39.5 Å². The highest BCUT2D eigenvalue weighted by molar-refractivity contribution is 5.80. The van der Waals surface area contributed by atoms with Crippen LogP contribution >= 0.6 is 0 Å². The Hall–Kier alpha value is -4.29. The number of hydrogen-bond donors (Lipinski definition) is 0. The number of fused-ring (bicyclic) bond motifs is 2. The third-order valence-corrected chi connectivity index (χ3v) is 6.22. The average Bonchev–Trinajstić information content (AvgIpc) is 3.50. The molecule has 6 rings (SSSR count). The molecule has 0 unspecified atom stereocenters. The van der Waals surface area contributed by atoms with Gasteiger partial charge in [-0.2, -0.15) is 10.2 Å². The largest absolute Gasteiger partial charge is 0.497 e. The van der Waals surface area contributed by atoms with E-state index in [4.69, 9.17) is 19.4 Å². The summed E-state index contributed by atoms with van der Waals surface area (Å²) in [5.41, 5.74) is 4.60. The normalized spacial score (nSPS) is 14.5. The van der Waals surface area contributed by atoms with E-state index >= 15 is 0 Å². The second-order valence-electron chi connectivity index (χ2n) is 8.19. The first-order chi connectivity index (χ1) is 16.7. The summed E-state index contributed by atoms with van der Waals surface area (Å²) in [6.07, 6.45) is 5.20. The van der Waals surface area contributed by atoms with Crippen LogP contribution in [0.2, 0.25) is 0 Å². The molecule has 1 aliphatic heterocycles. The molecule has 9 heteroatoms. The lowest BCUT2D eigenvalue weighted by atomic mass is 10.1. The monoisotopic (exact) mass is 451 g/mol. The molecule has 0 radical (unpaired) electrons. The van der Waals surface area contributed by atoms with Crippen LogP contribution in [0.5, 0.6) is 5.75 Å². The number of imidazole rings is 2. The zero-order valence-corrected chi connectivity index (χ0v) is 18.5. The highest BCUT2D eigenvalue weighted by atomic mass is 16.5. The molecule has 0 bridgehead atoms. The van der Waals surface area contributed by atoms with E-state index in [-0.39, 0.29) is 6.04 Å². The summed E-state index contributed by atoms with van der Waals surface area (Å²) >= 11 is 0. The maximum Gasteiger partial charge on any atom is 0.237 e. The number of hydrogen-bond acceptors (Lipinski definition) is 7. The van der Waals surface area contributed by atoms with Crippen LogP contribution in [0.15, 0.2) is 55.0 Å². The number of nitriles is 1. The Labute approximate surface area is 195 Å². The number of ether oxygens (including phenoxy) is 2. The van der Waals surface area contributed by atoms with Gasteiger partial charge in [0.15, 0.2) is 5.65 Å². The molecule has 168 valence electrons. The minimum absolute atomic E-state index is 0.211. The predicted octanol–water partition coefficient (Wildman–Crippen LogP) is 4.06. The first-order valence-corrected chi connectivity index (χ1v) is 11.1. The van der Waals surface area contributed by atoms with Gasteiger partial charge >= 0.3 is 0 Å². The highest BCUT2D eigenvalue weighted by Gasteiger charge is 2.24. The third-order valence-electron chi connectivity index (χ3n) is 6.22. The molecule has 3 aromatic heterocycles. The summed E-state index contributed by atoms with van der Waals surface area (Å²) in [4.78, 5) is 18.9. The summed E-state index contributed by atoms with van der Waals surface area (Å²) in [5.74, 6) is 2.13. The first-order valence-electron chi connectivity index (χ1n) is 11.1. The van der Waals surface area contributed by atoms with Crippen LogP contribution in [0.1, 0.15) is 24.4 Å². The average molecular weight is 451 g/mol. The number of nitrogens with zero attached hydrogens (tertiary/aromatic N) is 7. The van der Waals surface area contributed by atoms with E-state index in [1.54, 1.807) is 31.8 Å². The molecule has 5 aromatic rings. The Balaban J connectivity index is 1.54. The Bertz CT molecular complexity index is 1540. The molecular formula is C25H21N7O2. The lowest BCUT2D eigenvalue weighted by Gasteiger charge is -2.25. The number of methoxy groups -OCH3 is 1. The van der Waals surface area contributed by atoms with Gasteiger partial charge in [-0.1, -0.05) is 0 Å². The van der Waals surface area contributed by atoms with Gasteiger partial charge in [-0.15, -0.1) is 0 Å². The predicted molar refractivity (Wildman–Crippen MR) is 126 cm³/mol. The van der Waals surface area contributed by atoms with Crippen LogP contribution in [0.3, 0.4) is 0 Å². The van der Waals surface area contributed by atoms with E-state index in [1.807, 2.05) is 34.9 Å². The van der Waals surface area contributed by atoms with Crippen LogP contribution in [-0.2, 0) is 4.74 Å². The number of aromatic nitrogens is 6. The van der Waals surface area contributed by atoms with Crippen molar-refractivity contribution in [2.24, 2.45) is 0 Å². The zero-order valence-electron chi connectivity index (χ0n) is 18.5. The molecule has 1 aliphatic rings. The Morgan fingerprint density at radius 3 is 2.62 bits per heavy atom. The molecule has 9 nitrogen and oxygen atoms in total. The van der Waals surface area contributed by atoms with Crippen LogP contribution in [0, 0.1) is 11.3 Å². The van der Waals surface area contributed by atoms with Crippen molar-refractivity contribution in [3.05, 3.63) is 60.6 Å². The molecule has 0 atom stereocenters. The fourth-order valence-electron chi connectivity index (χ4n) is 4.47. The molecule has 4 heterocycles. The van der Waals surface area contributed by atoms with Gasteiger partial charge in [-0.05, 0) is 55.3 Å². The second kappa shape index (κ2) is 8.24. The van der Waals surface area contributed by atoms with Crippen molar-refractivity contribution >= 4 is 22.2 Å². The van der Waals surface area contributed by atoms with Crippen molar-refractivity contribution < 1.29 is 9.47 Å². The fraction of sp³-hybridized carbons (Fsp3) is 0.240. The molecule has 0 N–H and O–H groups in total. The van der Waals surface area contributed by atoms with Gasteiger partial charge in [0, 0.05) is 24.8 Å². The number of rotatable bonds is 4. The first kappa shape index (κ1) is 20.3. The minimum atomic E-state index is 0.211. The zero-order chi connectivity index (χ0) is 23.1. The van der Waals surface area contributed by atoms with Crippen molar-refractivity contribution in [3.63, 3.8) is 0 Å². The molecule has 0 saturated carbocycles. The Morgan fingerprint density at radius 1 is 1.03 bits per heavy atom. The molecule has 0 amide bonds. The third kappa shape index (κ3) is 3.36. The van der Waals surface area contributed by atoms with Gasteiger partial charge in [0.2, 0.25) is 5.95 Å². The molecule has 1 fully saturated rings. The van der Waals surface area contributed by atoms with Gasteiger partial charge < -0.3 is 14.0 Å². The maximum atomic E-state index is 9.32. The van der Waals surface area contributed by atoms with Crippen LogP contribution in [-0.4, -0.2) is 49.4 Å². The molecule has 1 saturated heterocycles. The fourth-order valence-corrected chi connectivity index (χ4v) is 4.47. The lowest BCUT2D eigenvalue weighted by molar-refractivity contribution is 0.0708. The molecule has 34 heavy (non-hydrogen) atoms. The summed E-state index contributed by atoms with van der Waals surface area (Å²) in [6.45, 7) is 1.40. The van der Waals surface area contributed by atoms with Crippen molar-refractivity contribution in [1.82, 2.24) is 29.1 Å². The highest BCUT2D eigenvalue weighted by Crippen LogP contribution is 2.33. The van der Waals surface area contributed by atoms with E-state index < -0.39 is 0 Å². The Morgan fingerprint density at radius 2 is 1.85 bits per heavy atom. The molecule has 0 spiro atoms. The van der Waals surface area contributed by atoms with E-state index in [0.29, 0.717) is 24.7 Å². The summed E-state index contributed by atoms with van der Waals surface area (Å²) in [7, 11) is 1.66. The van der Waals surface area contributed by atoms with Crippen molar-refractivity contribution in [2.45, 2.75) is 18.9 Å². The Kier molecular flexibility index (Phi) is 4.93. The summed E-state index contributed by atoms with van der Waals surface area (Å²) in [6, 6.07) is 15.7. The van der Waals surface area contributed by atoms with Crippen LogP contribution < -0.4 is 4.74 Å². The van der Waals surface area contributed by atoms with E-state index in [0.717, 1.165) is 52.2 Å². The van der Waals surface area contributed by atoms with Crippen molar-refractivity contribution in [1.29, 1.82) is 5.26 Å². The lowest BCUT2D eigenvalue weighted by Crippen LogP contribution is -2.20. The van der Waals surface area contributed by atoms with E-state index in [2.05, 4.69) is 20.6 Å². The SMILES string of the molecule is COc1ccc(-c2nc3cnc(-n4cnc5ccc(C#N)cc54)nc3n2C2CCOCC2)cc1. The van der Waals surface area contributed by atoms with E-state index in [9.17, 15) is 5.26 Å². The van der Waals surface area contributed by atoms with Gasteiger partial charge in [0.1, 0.15) is 23.4 Å². The van der Waals surface area contributed by atoms with Gasteiger partial charge in [0.05, 0.1) is 36.0 Å². The summed E-state index contributed by atoms with van der Waals surface area (Å²) < 4.78 is 15.0. The molecular weight excluding hydrogens is 430 g/mol. The topological polar surface area (TPSA) is 104 Å². The van der Waals surface area contributed by atoms with Gasteiger partial charge in [-0.25, -0.2) is 15.0 Å². The maximum absolute atomic E-state index is 9.32. The van der Waals surface area contributed by atoms with Gasteiger partial charge in [-0.3, -0.25) is 4.57 Å². The smallest absolute Gasteiger partial charge is 0.237 e.